The summed E-state index contributed by atoms with van der Waals surface area (Å²) in [7, 11) is 0. The third-order valence-electron chi connectivity index (χ3n) is 7.09. The van der Waals surface area contributed by atoms with Crippen molar-refractivity contribution in [3.05, 3.63) is 76.7 Å². The van der Waals surface area contributed by atoms with Crippen LogP contribution >= 0.6 is 0 Å². The number of carbonyl (C=O) groups excluding carboxylic acids is 1. The number of aromatic nitrogens is 2. The zero-order chi connectivity index (χ0) is 23.3. The lowest BCUT2D eigenvalue weighted by molar-refractivity contribution is -0.150. The first-order chi connectivity index (χ1) is 16.5. The van der Waals surface area contributed by atoms with Gasteiger partial charge < -0.3 is 15.0 Å². The van der Waals surface area contributed by atoms with Crippen LogP contribution in [0.25, 0.3) is 11.3 Å². The van der Waals surface area contributed by atoms with Gasteiger partial charge in [0.2, 0.25) is 0 Å². The largest absolute Gasteiger partial charge is 0.373 e. The quantitative estimate of drug-likeness (QED) is 0.635. The van der Waals surface area contributed by atoms with Gasteiger partial charge in [0.05, 0.1) is 53.2 Å². The summed E-state index contributed by atoms with van der Waals surface area (Å²) in [5, 5.41) is 2.76. The maximum atomic E-state index is 14.4. The average molecular weight is 463 g/mol. The van der Waals surface area contributed by atoms with Crippen LogP contribution in [0.2, 0.25) is 0 Å². The smallest absolute Gasteiger partial charge is 0.253 e. The standard InChI is InChI=1S/C26H24F2N4O2/c27-19-3-1-4-20(28)24(19)21-12-16(23-22(31-21)14-30-25(23)33)11-17-5-6-18(13-29-17)32-9-2-7-26(15-32)8-10-34-26/h1,3-6,12-13H,2,7-11,14-15H2,(H,30,33)/t26-/m0/s1. The van der Waals surface area contributed by atoms with E-state index >= 15 is 0 Å². The Morgan fingerprint density at radius 2 is 1.94 bits per heavy atom. The molecule has 1 spiro atoms. The molecule has 5 heterocycles. The van der Waals surface area contributed by atoms with E-state index in [1.165, 1.54) is 18.2 Å². The molecule has 0 unspecified atom stereocenters. The molecule has 3 aromatic rings. The molecule has 0 saturated carbocycles. The number of ether oxygens (including phenoxy) is 1. The minimum atomic E-state index is -0.687. The molecule has 0 radical (unpaired) electrons. The first-order valence-electron chi connectivity index (χ1n) is 11.6. The van der Waals surface area contributed by atoms with E-state index in [-0.39, 0.29) is 29.3 Å². The van der Waals surface area contributed by atoms with Gasteiger partial charge >= 0.3 is 0 Å². The summed E-state index contributed by atoms with van der Waals surface area (Å²) in [6.45, 7) is 2.93. The van der Waals surface area contributed by atoms with Crippen LogP contribution < -0.4 is 10.2 Å². The second kappa shape index (κ2) is 8.13. The van der Waals surface area contributed by atoms with E-state index in [1.807, 2.05) is 18.3 Å². The molecule has 1 N–H and O–H groups in total. The van der Waals surface area contributed by atoms with E-state index in [1.54, 1.807) is 6.07 Å². The molecule has 2 fully saturated rings. The number of carbonyl (C=O) groups is 1. The number of halogens is 2. The fourth-order valence-electron chi connectivity index (χ4n) is 5.26. The van der Waals surface area contributed by atoms with Gasteiger partial charge in [0, 0.05) is 31.6 Å². The molecule has 3 aliphatic heterocycles. The molecule has 8 heteroatoms. The Kier molecular flexibility index (Phi) is 5.06. The summed E-state index contributed by atoms with van der Waals surface area (Å²) >= 11 is 0. The van der Waals surface area contributed by atoms with Crippen LogP contribution in [0, 0.1) is 11.6 Å². The van der Waals surface area contributed by atoms with E-state index in [0.29, 0.717) is 23.2 Å². The molecule has 0 bridgehead atoms. The molecule has 1 amide bonds. The van der Waals surface area contributed by atoms with Crippen molar-refractivity contribution < 1.29 is 18.3 Å². The van der Waals surface area contributed by atoms with Crippen LogP contribution in [0.1, 0.15) is 46.6 Å². The molecule has 1 atom stereocenters. The van der Waals surface area contributed by atoms with Gasteiger partial charge in [0.15, 0.2) is 0 Å². The number of benzene rings is 1. The molecule has 6 nitrogen and oxygen atoms in total. The first-order valence-corrected chi connectivity index (χ1v) is 11.6. The fraction of sp³-hybridized carbons (Fsp3) is 0.346. The summed E-state index contributed by atoms with van der Waals surface area (Å²) in [5.41, 5.74) is 3.41. The van der Waals surface area contributed by atoms with Crippen LogP contribution in [0.5, 0.6) is 0 Å². The number of hydrogen-bond donors (Lipinski definition) is 1. The van der Waals surface area contributed by atoms with E-state index in [0.717, 1.165) is 50.3 Å². The summed E-state index contributed by atoms with van der Waals surface area (Å²) < 4.78 is 34.8. The van der Waals surface area contributed by atoms with Crippen molar-refractivity contribution >= 4 is 11.6 Å². The van der Waals surface area contributed by atoms with Crippen molar-refractivity contribution in [1.29, 1.82) is 0 Å². The summed E-state index contributed by atoms with van der Waals surface area (Å²) in [5.74, 6) is -1.60. The van der Waals surface area contributed by atoms with Gasteiger partial charge in [0.25, 0.3) is 5.91 Å². The van der Waals surface area contributed by atoms with Crippen LogP contribution in [-0.4, -0.2) is 41.2 Å². The number of rotatable bonds is 4. The number of hydrogen-bond acceptors (Lipinski definition) is 5. The van der Waals surface area contributed by atoms with Crippen molar-refractivity contribution in [3.8, 4) is 11.3 Å². The van der Waals surface area contributed by atoms with Crippen LogP contribution in [0.15, 0.2) is 42.6 Å². The summed E-state index contributed by atoms with van der Waals surface area (Å²) in [6.07, 6.45) is 5.51. The van der Waals surface area contributed by atoms with E-state index in [9.17, 15) is 13.6 Å². The maximum absolute atomic E-state index is 14.4. The molecule has 0 aliphatic carbocycles. The highest BCUT2D eigenvalue weighted by atomic mass is 19.1. The number of nitrogens with one attached hydrogen (secondary N) is 1. The Morgan fingerprint density at radius 1 is 1.12 bits per heavy atom. The van der Waals surface area contributed by atoms with Crippen molar-refractivity contribution in [1.82, 2.24) is 15.3 Å². The molecule has 3 aliphatic rings. The Balaban J connectivity index is 1.30. The van der Waals surface area contributed by atoms with Gasteiger partial charge in [-0.3, -0.25) is 9.78 Å². The molecular formula is C26H24F2N4O2. The topological polar surface area (TPSA) is 67.4 Å². The van der Waals surface area contributed by atoms with Crippen molar-refractivity contribution in [2.45, 2.75) is 37.8 Å². The van der Waals surface area contributed by atoms with Crippen LogP contribution in [-0.2, 0) is 17.7 Å². The summed E-state index contributed by atoms with van der Waals surface area (Å²) in [4.78, 5) is 23.8. The number of fused-ring (bicyclic) bond motifs is 1. The Labute approximate surface area is 196 Å². The van der Waals surface area contributed by atoms with Gasteiger partial charge in [-0.1, -0.05) is 6.07 Å². The zero-order valence-corrected chi connectivity index (χ0v) is 18.6. The third-order valence-corrected chi connectivity index (χ3v) is 7.09. The van der Waals surface area contributed by atoms with Gasteiger partial charge in [-0.25, -0.2) is 13.8 Å². The number of anilines is 1. The second-order valence-corrected chi connectivity index (χ2v) is 9.26. The molecule has 1 aromatic carbocycles. The fourth-order valence-corrected chi connectivity index (χ4v) is 5.26. The van der Waals surface area contributed by atoms with E-state index in [4.69, 9.17) is 4.74 Å². The number of pyridine rings is 2. The van der Waals surface area contributed by atoms with Crippen LogP contribution in [0.4, 0.5) is 14.5 Å². The van der Waals surface area contributed by atoms with E-state index < -0.39 is 11.6 Å². The lowest BCUT2D eigenvalue weighted by atomic mass is 9.85. The Bertz CT molecular complexity index is 1250. The molecule has 2 saturated heterocycles. The van der Waals surface area contributed by atoms with Crippen molar-refractivity contribution in [2.24, 2.45) is 0 Å². The lowest BCUT2D eigenvalue weighted by Gasteiger charge is -2.49. The molecule has 34 heavy (non-hydrogen) atoms. The average Bonchev–Trinajstić information content (AvgIpc) is 3.19. The highest BCUT2D eigenvalue weighted by Crippen LogP contribution is 2.37. The lowest BCUT2D eigenvalue weighted by Crippen LogP contribution is -2.56. The number of piperidine rings is 1. The van der Waals surface area contributed by atoms with Crippen molar-refractivity contribution in [2.75, 3.05) is 24.6 Å². The first kappa shape index (κ1) is 21.2. The number of nitrogens with zero attached hydrogens (tertiary/aromatic N) is 3. The Morgan fingerprint density at radius 3 is 2.65 bits per heavy atom. The highest BCUT2D eigenvalue weighted by Gasteiger charge is 2.42. The molecule has 6 rings (SSSR count). The molecular weight excluding hydrogens is 438 g/mol. The number of amides is 1. The SMILES string of the molecule is O=C1NCc2nc(-c3c(F)cccc3F)cc(Cc3ccc(N4CCC[C@]5(CCO5)C4)cn3)c21. The normalized spacial score (nSPS) is 21.4. The van der Waals surface area contributed by atoms with Gasteiger partial charge in [0.1, 0.15) is 11.6 Å². The summed E-state index contributed by atoms with van der Waals surface area (Å²) in [6, 6.07) is 9.32. The Hall–Kier alpha value is -3.39. The minimum Gasteiger partial charge on any atom is -0.373 e. The molecule has 2 aromatic heterocycles. The van der Waals surface area contributed by atoms with Gasteiger partial charge in [-0.05, 0) is 48.7 Å². The highest BCUT2D eigenvalue weighted by molar-refractivity contribution is 5.99. The maximum Gasteiger partial charge on any atom is 0.253 e. The van der Waals surface area contributed by atoms with Crippen molar-refractivity contribution in [3.63, 3.8) is 0 Å². The predicted octanol–water partition coefficient (Wildman–Crippen LogP) is 4.02. The van der Waals surface area contributed by atoms with Gasteiger partial charge in [-0.2, -0.15) is 0 Å². The predicted molar refractivity (Wildman–Crippen MR) is 123 cm³/mol. The van der Waals surface area contributed by atoms with E-state index in [2.05, 4.69) is 20.2 Å². The monoisotopic (exact) mass is 462 g/mol. The minimum absolute atomic E-state index is 0.000261. The molecule has 174 valence electrons. The van der Waals surface area contributed by atoms with Crippen LogP contribution in [0.3, 0.4) is 0 Å². The van der Waals surface area contributed by atoms with Gasteiger partial charge in [-0.15, -0.1) is 0 Å². The third kappa shape index (κ3) is 3.62. The zero-order valence-electron chi connectivity index (χ0n) is 18.6. The second-order valence-electron chi connectivity index (χ2n) is 9.26.